The molecule has 3 heteroatoms. The van der Waals surface area contributed by atoms with E-state index >= 15 is 0 Å². The van der Waals surface area contributed by atoms with Crippen molar-refractivity contribution in [1.82, 2.24) is 0 Å². The zero-order valence-corrected chi connectivity index (χ0v) is 13.5. The van der Waals surface area contributed by atoms with Crippen molar-refractivity contribution in [2.24, 2.45) is 23.5 Å². The SMILES string of the molecule is Cc1cc(C(N)C2CCC3CCCCC3C2)c(Cl)cc1F. The van der Waals surface area contributed by atoms with Crippen molar-refractivity contribution < 1.29 is 4.39 Å². The van der Waals surface area contributed by atoms with Gasteiger partial charge in [0.05, 0.1) is 0 Å². The van der Waals surface area contributed by atoms with E-state index in [2.05, 4.69) is 0 Å². The van der Waals surface area contributed by atoms with E-state index in [0.29, 0.717) is 16.5 Å². The molecule has 0 heterocycles. The first kappa shape index (κ1) is 15.3. The van der Waals surface area contributed by atoms with Crippen LogP contribution in [-0.2, 0) is 0 Å². The van der Waals surface area contributed by atoms with Gasteiger partial charge in [-0.25, -0.2) is 4.39 Å². The highest BCUT2D eigenvalue weighted by atomic mass is 35.5. The Morgan fingerprint density at radius 1 is 1.14 bits per heavy atom. The van der Waals surface area contributed by atoms with E-state index < -0.39 is 0 Å². The molecule has 3 rings (SSSR count). The van der Waals surface area contributed by atoms with Crippen molar-refractivity contribution in [3.05, 3.63) is 34.1 Å². The van der Waals surface area contributed by atoms with Gasteiger partial charge in [0.2, 0.25) is 0 Å². The van der Waals surface area contributed by atoms with Crippen molar-refractivity contribution >= 4 is 11.6 Å². The van der Waals surface area contributed by atoms with Gasteiger partial charge in [-0.05, 0) is 61.1 Å². The van der Waals surface area contributed by atoms with Crippen LogP contribution in [0.1, 0.15) is 62.1 Å². The summed E-state index contributed by atoms with van der Waals surface area (Å²) in [5, 5.41) is 0.483. The molecule has 2 fully saturated rings. The Labute approximate surface area is 132 Å². The second-order valence-electron chi connectivity index (χ2n) is 7.03. The topological polar surface area (TPSA) is 26.0 Å². The molecule has 0 amide bonds. The lowest BCUT2D eigenvalue weighted by atomic mass is 9.65. The van der Waals surface area contributed by atoms with Crippen LogP contribution in [0.3, 0.4) is 0 Å². The van der Waals surface area contributed by atoms with Gasteiger partial charge in [-0.15, -0.1) is 0 Å². The number of aryl methyl sites for hydroxylation is 1. The lowest BCUT2D eigenvalue weighted by molar-refractivity contribution is 0.117. The normalized spacial score (nSPS) is 30.8. The van der Waals surface area contributed by atoms with Crippen molar-refractivity contribution in [1.29, 1.82) is 0 Å². The van der Waals surface area contributed by atoms with E-state index in [-0.39, 0.29) is 11.9 Å². The van der Waals surface area contributed by atoms with E-state index in [4.69, 9.17) is 17.3 Å². The van der Waals surface area contributed by atoms with Gasteiger partial charge in [0.25, 0.3) is 0 Å². The minimum absolute atomic E-state index is 0.0559. The first-order valence-electron chi connectivity index (χ1n) is 8.27. The fourth-order valence-corrected chi connectivity index (χ4v) is 4.70. The quantitative estimate of drug-likeness (QED) is 0.778. The number of rotatable bonds is 2. The average Bonchev–Trinajstić information content (AvgIpc) is 2.50. The molecule has 2 N–H and O–H groups in total. The van der Waals surface area contributed by atoms with Crippen molar-refractivity contribution in [3.63, 3.8) is 0 Å². The summed E-state index contributed by atoms with van der Waals surface area (Å²) in [6, 6.07) is 3.20. The third-order valence-corrected chi connectivity index (χ3v) is 6.05. The molecule has 1 aromatic rings. The standard InChI is InChI=1S/C18H25ClFN/c1-11-8-15(16(19)10-17(11)20)18(21)14-7-6-12-4-2-3-5-13(12)9-14/h8,10,12-14,18H,2-7,9,21H2,1H3. The summed E-state index contributed by atoms with van der Waals surface area (Å²) < 4.78 is 13.6. The van der Waals surface area contributed by atoms with Crippen LogP contribution in [-0.4, -0.2) is 0 Å². The highest BCUT2D eigenvalue weighted by molar-refractivity contribution is 6.31. The first-order chi connectivity index (χ1) is 10.1. The predicted octanol–water partition coefficient (Wildman–Crippen LogP) is 5.39. The summed E-state index contributed by atoms with van der Waals surface area (Å²) in [5.41, 5.74) is 8.07. The Balaban J connectivity index is 1.76. The monoisotopic (exact) mass is 309 g/mol. The van der Waals surface area contributed by atoms with Crippen LogP contribution in [0.15, 0.2) is 12.1 Å². The van der Waals surface area contributed by atoms with E-state index in [9.17, 15) is 4.39 Å². The van der Waals surface area contributed by atoms with E-state index in [1.807, 2.05) is 6.07 Å². The van der Waals surface area contributed by atoms with Gasteiger partial charge in [0.15, 0.2) is 0 Å². The van der Waals surface area contributed by atoms with Crippen LogP contribution in [0.2, 0.25) is 5.02 Å². The number of nitrogens with two attached hydrogens (primary N) is 1. The van der Waals surface area contributed by atoms with Crippen LogP contribution < -0.4 is 5.73 Å². The Kier molecular flexibility index (Phi) is 4.56. The summed E-state index contributed by atoms with van der Waals surface area (Å²) in [7, 11) is 0. The molecule has 4 unspecified atom stereocenters. The zero-order valence-electron chi connectivity index (χ0n) is 12.7. The maximum Gasteiger partial charge on any atom is 0.127 e. The highest BCUT2D eigenvalue weighted by Crippen LogP contribution is 2.46. The number of hydrogen-bond acceptors (Lipinski definition) is 1. The first-order valence-corrected chi connectivity index (χ1v) is 8.65. The molecule has 2 aliphatic carbocycles. The molecule has 0 aliphatic heterocycles. The molecule has 0 radical (unpaired) electrons. The summed E-state index contributed by atoms with van der Waals surface area (Å²) in [5.74, 6) is 2.02. The molecule has 4 atom stereocenters. The minimum atomic E-state index is -0.244. The molecule has 21 heavy (non-hydrogen) atoms. The van der Waals surface area contributed by atoms with Gasteiger partial charge in [-0.1, -0.05) is 43.4 Å². The van der Waals surface area contributed by atoms with Crippen LogP contribution in [0, 0.1) is 30.5 Å². The molecular weight excluding hydrogens is 285 g/mol. The Morgan fingerprint density at radius 3 is 2.62 bits per heavy atom. The zero-order chi connectivity index (χ0) is 15.0. The molecule has 0 bridgehead atoms. The Hall–Kier alpha value is -0.600. The van der Waals surface area contributed by atoms with E-state index in [0.717, 1.165) is 17.4 Å². The molecule has 2 aliphatic rings. The molecule has 116 valence electrons. The number of halogens is 2. The van der Waals surface area contributed by atoms with Gasteiger partial charge in [0, 0.05) is 11.1 Å². The fourth-order valence-electron chi connectivity index (χ4n) is 4.42. The maximum atomic E-state index is 13.6. The predicted molar refractivity (Wildman–Crippen MR) is 85.9 cm³/mol. The Bertz CT molecular complexity index is 516. The van der Waals surface area contributed by atoms with Crippen molar-refractivity contribution in [2.45, 2.75) is 57.9 Å². The molecule has 0 aromatic heterocycles. The van der Waals surface area contributed by atoms with Gasteiger partial charge in [-0.2, -0.15) is 0 Å². The molecule has 0 spiro atoms. The molecule has 2 saturated carbocycles. The van der Waals surface area contributed by atoms with Crippen molar-refractivity contribution in [2.75, 3.05) is 0 Å². The van der Waals surface area contributed by atoms with E-state index in [1.165, 1.54) is 51.0 Å². The second-order valence-corrected chi connectivity index (χ2v) is 7.43. The third kappa shape index (κ3) is 3.12. The van der Waals surface area contributed by atoms with Gasteiger partial charge in [0.1, 0.15) is 5.82 Å². The average molecular weight is 310 g/mol. The number of benzene rings is 1. The molecule has 1 nitrogen and oxygen atoms in total. The largest absolute Gasteiger partial charge is 0.324 e. The third-order valence-electron chi connectivity index (χ3n) is 5.73. The van der Waals surface area contributed by atoms with E-state index in [1.54, 1.807) is 6.92 Å². The highest BCUT2D eigenvalue weighted by Gasteiger charge is 2.35. The number of fused-ring (bicyclic) bond motifs is 1. The van der Waals surface area contributed by atoms with Crippen LogP contribution in [0.4, 0.5) is 4.39 Å². The Morgan fingerprint density at radius 2 is 1.86 bits per heavy atom. The molecular formula is C18H25ClFN. The van der Waals surface area contributed by atoms with Gasteiger partial charge in [-0.3, -0.25) is 0 Å². The second kappa shape index (κ2) is 6.26. The number of hydrogen-bond donors (Lipinski definition) is 1. The summed E-state index contributed by atoms with van der Waals surface area (Å²) in [4.78, 5) is 0. The summed E-state index contributed by atoms with van der Waals surface area (Å²) in [6.07, 6.45) is 9.27. The minimum Gasteiger partial charge on any atom is -0.324 e. The molecule has 0 saturated heterocycles. The lowest BCUT2D eigenvalue weighted by Crippen LogP contribution is -2.33. The fraction of sp³-hybridized carbons (Fsp3) is 0.667. The maximum absolute atomic E-state index is 13.6. The van der Waals surface area contributed by atoms with Crippen LogP contribution in [0.25, 0.3) is 0 Å². The van der Waals surface area contributed by atoms with Crippen molar-refractivity contribution in [3.8, 4) is 0 Å². The van der Waals surface area contributed by atoms with Gasteiger partial charge < -0.3 is 5.73 Å². The van der Waals surface area contributed by atoms with Crippen LogP contribution in [0.5, 0.6) is 0 Å². The van der Waals surface area contributed by atoms with Gasteiger partial charge >= 0.3 is 0 Å². The summed E-state index contributed by atoms with van der Waals surface area (Å²) >= 11 is 6.23. The molecule has 1 aromatic carbocycles. The summed E-state index contributed by atoms with van der Waals surface area (Å²) in [6.45, 7) is 1.78. The smallest absolute Gasteiger partial charge is 0.127 e. The lowest BCUT2D eigenvalue weighted by Gasteiger charge is -2.41. The van der Waals surface area contributed by atoms with Crippen LogP contribution >= 0.6 is 11.6 Å².